The number of nitro benzene ring substituents is 1. The van der Waals surface area contributed by atoms with Gasteiger partial charge in [0.05, 0.1) is 17.1 Å². The van der Waals surface area contributed by atoms with Crippen molar-refractivity contribution in [1.29, 1.82) is 0 Å². The second kappa shape index (κ2) is 6.29. The Kier molecular flexibility index (Phi) is 4.18. The number of hydrogen-bond donors (Lipinski definition) is 3. The Hall–Kier alpha value is -2.93. The summed E-state index contributed by atoms with van der Waals surface area (Å²) in [5, 5.41) is 26.3. The molecule has 0 heterocycles. The number of urea groups is 1. The molecule has 3 N–H and O–H groups in total. The molecule has 2 amide bonds. The first kappa shape index (κ1) is 15.9. The van der Waals surface area contributed by atoms with Crippen LogP contribution in [0.15, 0.2) is 42.5 Å². The van der Waals surface area contributed by atoms with Crippen molar-refractivity contribution in [3.05, 3.63) is 69.3 Å². The summed E-state index contributed by atoms with van der Waals surface area (Å²) in [4.78, 5) is 22.5. The number of aliphatic hydroxyl groups excluding tert-OH is 1. The van der Waals surface area contributed by atoms with Crippen molar-refractivity contribution in [2.45, 2.75) is 25.5 Å². The summed E-state index contributed by atoms with van der Waals surface area (Å²) in [6.45, 7) is 1.68. The van der Waals surface area contributed by atoms with Crippen LogP contribution in [0.4, 0.5) is 16.2 Å². The number of nitro groups is 1. The Morgan fingerprint density at radius 1 is 1.29 bits per heavy atom. The van der Waals surface area contributed by atoms with Crippen molar-refractivity contribution in [3.8, 4) is 0 Å². The number of hydrogen-bond acceptors (Lipinski definition) is 4. The zero-order valence-electron chi connectivity index (χ0n) is 13.0. The summed E-state index contributed by atoms with van der Waals surface area (Å²) in [6.07, 6.45) is -0.177. The standard InChI is InChI=1S/C17H17N3O4/c1-10-8-12(20(23)24)6-7-14(10)18-17(22)19-16-13-5-3-2-4-11(13)9-15(16)21/h2-8,15-16,21H,9H2,1H3,(H2,18,19,22)/t15-,16-/m0/s1. The molecule has 3 rings (SSSR count). The molecule has 1 aliphatic rings. The summed E-state index contributed by atoms with van der Waals surface area (Å²) < 4.78 is 0. The molecule has 2 aromatic carbocycles. The fraction of sp³-hybridized carbons (Fsp3) is 0.235. The summed E-state index contributed by atoms with van der Waals surface area (Å²) in [5.41, 5.74) is 2.96. The van der Waals surface area contributed by atoms with Crippen LogP contribution in [0, 0.1) is 17.0 Å². The molecule has 0 radical (unpaired) electrons. The van der Waals surface area contributed by atoms with E-state index in [9.17, 15) is 20.0 Å². The first-order valence-electron chi connectivity index (χ1n) is 7.54. The van der Waals surface area contributed by atoms with E-state index in [-0.39, 0.29) is 5.69 Å². The van der Waals surface area contributed by atoms with Crippen LogP contribution in [-0.2, 0) is 6.42 Å². The van der Waals surface area contributed by atoms with Gasteiger partial charge in [-0.05, 0) is 29.7 Å². The van der Waals surface area contributed by atoms with Crippen LogP contribution in [0.1, 0.15) is 22.7 Å². The smallest absolute Gasteiger partial charge is 0.319 e. The third kappa shape index (κ3) is 3.07. The number of fused-ring (bicyclic) bond motifs is 1. The number of non-ortho nitro benzene ring substituents is 1. The zero-order chi connectivity index (χ0) is 17.3. The van der Waals surface area contributed by atoms with Gasteiger partial charge in [-0.1, -0.05) is 24.3 Å². The lowest BCUT2D eigenvalue weighted by Crippen LogP contribution is -2.36. The Balaban J connectivity index is 1.71. The summed E-state index contributed by atoms with van der Waals surface area (Å²) in [6, 6.07) is 10.9. The van der Waals surface area contributed by atoms with Gasteiger partial charge in [-0.15, -0.1) is 0 Å². The van der Waals surface area contributed by atoms with E-state index < -0.39 is 23.1 Å². The van der Waals surface area contributed by atoms with E-state index >= 15 is 0 Å². The molecule has 0 bridgehead atoms. The Bertz CT molecular complexity index is 806. The lowest BCUT2D eigenvalue weighted by molar-refractivity contribution is -0.384. The van der Waals surface area contributed by atoms with Crippen LogP contribution in [0.3, 0.4) is 0 Å². The highest BCUT2D eigenvalue weighted by Gasteiger charge is 2.31. The molecule has 1 aliphatic carbocycles. The van der Waals surface area contributed by atoms with Crippen LogP contribution in [-0.4, -0.2) is 22.2 Å². The van der Waals surface area contributed by atoms with E-state index in [1.807, 2.05) is 24.3 Å². The number of aryl methyl sites for hydroxylation is 1. The van der Waals surface area contributed by atoms with Gasteiger partial charge in [0.2, 0.25) is 0 Å². The van der Waals surface area contributed by atoms with Gasteiger partial charge in [0.1, 0.15) is 0 Å². The van der Waals surface area contributed by atoms with Crippen molar-refractivity contribution in [3.63, 3.8) is 0 Å². The van der Waals surface area contributed by atoms with Gasteiger partial charge in [-0.3, -0.25) is 10.1 Å². The van der Waals surface area contributed by atoms with Gasteiger partial charge in [-0.2, -0.15) is 0 Å². The van der Waals surface area contributed by atoms with Crippen molar-refractivity contribution in [2.24, 2.45) is 0 Å². The van der Waals surface area contributed by atoms with Gasteiger partial charge < -0.3 is 15.7 Å². The molecule has 7 heteroatoms. The molecule has 0 saturated heterocycles. The van der Waals surface area contributed by atoms with E-state index in [4.69, 9.17) is 0 Å². The molecule has 2 aromatic rings. The van der Waals surface area contributed by atoms with Crippen molar-refractivity contribution >= 4 is 17.4 Å². The van der Waals surface area contributed by atoms with E-state index in [2.05, 4.69) is 10.6 Å². The minimum atomic E-state index is -0.675. The van der Waals surface area contributed by atoms with Gasteiger partial charge in [-0.25, -0.2) is 4.79 Å². The topological polar surface area (TPSA) is 105 Å². The third-order valence-electron chi connectivity index (χ3n) is 4.16. The second-order valence-electron chi connectivity index (χ2n) is 5.80. The highest BCUT2D eigenvalue weighted by molar-refractivity contribution is 5.90. The largest absolute Gasteiger partial charge is 0.390 e. The fourth-order valence-electron chi connectivity index (χ4n) is 2.95. The average molecular weight is 327 g/mol. The number of amides is 2. The molecule has 0 unspecified atom stereocenters. The minimum Gasteiger partial charge on any atom is -0.390 e. The molecular formula is C17H17N3O4. The molecule has 2 atom stereocenters. The van der Waals surface area contributed by atoms with E-state index in [1.165, 1.54) is 18.2 Å². The normalized spacial score (nSPS) is 18.8. The number of benzene rings is 2. The summed E-state index contributed by atoms with van der Waals surface area (Å²) in [5.74, 6) is 0. The minimum absolute atomic E-state index is 0.0291. The maximum atomic E-state index is 12.2. The van der Waals surface area contributed by atoms with Gasteiger partial charge >= 0.3 is 6.03 Å². The summed E-state index contributed by atoms with van der Waals surface area (Å²) >= 11 is 0. The number of carbonyl (C=O) groups is 1. The van der Waals surface area contributed by atoms with Crippen molar-refractivity contribution in [1.82, 2.24) is 5.32 Å². The first-order valence-corrected chi connectivity index (χ1v) is 7.54. The third-order valence-corrected chi connectivity index (χ3v) is 4.16. The number of rotatable bonds is 3. The van der Waals surface area contributed by atoms with E-state index in [1.54, 1.807) is 6.92 Å². The van der Waals surface area contributed by atoms with Crippen LogP contribution in [0.25, 0.3) is 0 Å². The van der Waals surface area contributed by atoms with Crippen LogP contribution >= 0.6 is 0 Å². The number of anilines is 1. The molecule has 0 spiro atoms. The van der Waals surface area contributed by atoms with E-state index in [0.717, 1.165) is 11.1 Å². The van der Waals surface area contributed by atoms with Crippen LogP contribution < -0.4 is 10.6 Å². The van der Waals surface area contributed by atoms with E-state index in [0.29, 0.717) is 17.7 Å². The molecule has 0 saturated carbocycles. The first-order chi connectivity index (χ1) is 11.5. The quantitative estimate of drug-likeness (QED) is 0.595. The number of carbonyl (C=O) groups excluding carboxylic acids is 1. The number of nitrogens with zero attached hydrogens (tertiary/aromatic N) is 1. The lowest BCUT2D eigenvalue weighted by Gasteiger charge is -2.19. The maximum absolute atomic E-state index is 12.2. The lowest BCUT2D eigenvalue weighted by atomic mass is 10.1. The van der Waals surface area contributed by atoms with Crippen LogP contribution in [0.2, 0.25) is 0 Å². The Labute approximate surface area is 138 Å². The predicted molar refractivity (Wildman–Crippen MR) is 88.9 cm³/mol. The molecule has 0 aromatic heterocycles. The average Bonchev–Trinajstić information content (AvgIpc) is 2.85. The monoisotopic (exact) mass is 327 g/mol. The van der Waals surface area contributed by atoms with Gasteiger partial charge in [0.15, 0.2) is 0 Å². The van der Waals surface area contributed by atoms with Crippen LogP contribution in [0.5, 0.6) is 0 Å². The van der Waals surface area contributed by atoms with Gasteiger partial charge in [0, 0.05) is 24.2 Å². The maximum Gasteiger partial charge on any atom is 0.319 e. The number of aliphatic hydroxyl groups is 1. The molecule has 24 heavy (non-hydrogen) atoms. The van der Waals surface area contributed by atoms with Crippen molar-refractivity contribution < 1.29 is 14.8 Å². The highest BCUT2D eigenvalue weighted by atomic mass is 16.6. The number of nitrogens with one attached hydrogen (secondary N) is 2. The zero-order valence-corrected chi connectivity index (χ0v) is 13.0. The molecule has 7 nitrogen and oxygen atoms in total. The SMILES string of the molecule is Cc1cc([N+](=O)[O-])ccc1NC(=O)N[C@H]1c2ccccc2C[C@@H]1O. The molecular weight excluding hydrogens is 310 g/mol. The molecule has 0 aliphatic heterocycles. The Morgan fingerprint density at radius 3 is 2.75 bits per heavy atom. The highest BCUT2D eigenvalue weighted by Crippen LogP contribution is 2.31. The summed E-state index contributed by atoms with van der Waals surface area (Å²) in [7, 11) is 0. The fourth-order valence-corrected chi connectivity index (χ4v) is 2.95. The second-order valence-corrected chi connectivity index (χ2v) is 5.80. The van der Waals surface area contributed by atoms with Gasteiger partial charge in [0.25, 0.3) is 5.69 Å². The van der Waals surface area contributed by atoms with Crippen molar-refractivity contribution in [2.75, 3.05) is 5.32 Å². The Morgan fingerprint density at radius 2 is 2.04 bits per heavy atom. The molecule has 124 valence electrons. The molecule has 0 fully saturated rings. The predicted octanol–water partition coefficient (Wildman–Crippen LogP) is 2.68.